The Labute approximate surface area is 109 Å². The maximum atomic E-state index is 4.35. The number of imidazole rings is 1. The third-order valence-corrected chi connectivity index (χ3v) is 3.62. The number of allylic oxidation sites excluding steroid dienone is 1. The normalized spacial score (nSPS) is 16.5. The minimum atomic E-state index is 1.04. The van der Waals surface area contributed by atoms with Gasteiger partial charge < -0.3 is 4.57 Å². The molecule has 0 spiro atoms. The van der Waals surface area contributed by atoms with Crippen LogP contribution in [0.5, 0.6) is 0 Å². The van der Waals surface area contributed by atoms with Crippen molar-refractivity contribution in [2.75, 3.05) is 0 Å². The largest absolute Gasteiger partial charge is 0.340 e. The standard InChI is InChI=1S/C14H13BrN2/c1-17-8-13(16-9-17)6-11-3-2-10-4-5-12(15)7-14(10)11/h4-9H,2-3H2,1H3/b11-6+. The van der Waals surface area contributed by atoms with Crippen LogP contribution in [-0.2, 0) is 13.5 Å². The summed E-state index contributed by atoms with van der Waals surface area (Å²) in [5, 5.41) is 0. The fourth-order valence-corrected chi connectivity index (χ4v) is 2.67. The van der Waals surface area contributed by atoms with Gasteiger partial charge in [0.2, 0.25) is 0 Å². The molecular weight excluding hydrogens is 276 g/mol. The van der Waals surface area contributed by atoms with Gasteiger partial charge in [-0.05, 0) is 47.8 Å². The second kappa shape index (κ2) is 4.15. The highest BCUT2D eigenvalue weighted by molar-refractivity contribution is 9.10. The molecule has 0 saturated heterocycles. The molecule has 17 heavy (non-hydrogen) atoms. The zero-order valence-corrected chi connectivity index (χ0v) is 11.2. The van der Waals surface area contributed by atoms with E-state index in [0.29, 0.717) is 0 Å². The molecule has 0 unspecified atom stereocenters. The minimum Gasteiger partial charge on any atom is -0.340 e. The van der Waals surface area contributed by atoms with Gasteiger partial charge in [-0.1, -0.05) is 22.0 Å². The number of aromatic nitrogens is 2. The molecule has 0 saturated carbocycles. The Balaban J connectivity index is 2.03. The number of nitrogens with zero attached hydrogens (tertiary/aromatic N) is 2. The lowest BCUT2D eigenvalue weighted by Crippen LogP contribution is -1.81. The van der Waals surface area contributed by atoms with Crippen LogP contribution in [-0.4, -0.2) is 9.55 Å². The number of fused-ring (bicyclic) bond motifs is 1. The molecular formula is C14H13BrN2. The monoisotopic (exact) mass is 288 g/mol. The second-order valence-electron chi connectivity index (χ2n) is 4.44. The number of halogens is 1. The number of rotatable bonds is 1. The molecule has 1 aliphatic carbocycles. The van der Waals surface area contributed by atoms with Gasteiger partial charge in [-0.15, -0.1) is 0 Å². The van der Waals surface area contributed by atoms with Crippen LogP contribution in [0.15, 0.2) is 35.2 Å². The molecule has 1 aromatic heterocycles. The van der Waals surface area contributed by atoms with Gasteiger partial charge in [0.25, 0.3) is 0 Å². The van der Waals surface area contributed by atoms with Gasteiger partial charge in [0.1, 0.15) is 0 Å². The summed E-state index contributed by atoms with van der Waals surface area (Å²) in [6, 6.07) is 6.53. The van der Waals surface area contributed by atoms with Crippen LogP contribution >= 0.6 is 15.9 Å². The summed E-state index contributed by atoms with van der Waals surface area (Å²) in [4.78, 5) is 4.35. The predicted molar refractivity (Wildman–Crippen MR) is 73.5 cm³/mol. The summed E-state index contributed by atoms with van der Waals surface area (Å²) in [5.41, 5.74) is 5.23. The van der Waals surface area contributed by atoms with Crippen LogP contribution in [0.25, 0.3) is 11.6 Å². The predicted octanol–water partition coefficient (Wildman–Crippen LogP) is 3.67. The Hall–Kier alpha value is -1.35. The van der Waals surface area contributed by atoms with E-state index >= 15 is 0 Å². The summed E-state index contributed by atoms with van der Waals surface area (Å²) in [7, 11) is 1.99. The van der Waals surface area contributed by atoms with Crippen LogP contribution < -0.4 is 0 Å². The number of hydrogen-bond acceptors (Lipinski definition) is 1. The highest BCUT2D eigenvalue weighted by Gasteiger charge is 2.16. The maximum Gasteiger partial charge on any atom is 0.0950 e. The van der Waals surface area contributed by atoms with Crippen molar-refractivity contribution in [3.8, 4) is 0 Å². The van der Waals surface area contributed by atoms with Crippen molar-refractivity contribution in [1.29, 1.82) is 0 Å². The smallest absolute Gasteiger partial charge is 0.0950 e. The third kappa shape index (κ3) is 2.07. The summed E-state index contributed by atoms with van der Waals surface area (Å²) in [5.74, 6) is 0. The lowest BCUT2D eigenvalue weighted by atomic mass is 10.1. The summed E-state index contributed by atoms with van der Waals surface area (Å²) in [6.07, 6.45) is 8.33. The van der Waals surface area contributed by atoms with E-state index in [0.717, 1.165) is 23.0 Å². The Kier molecular flexibility index (Phi) is 2.63. The van der Waals surface area contributed by atoms with Gasteiger partial charge in [-0.3, -0.25) is 0 Å². The van der Waals surface area contributed by atoms with Crippen molar-refractivity contribution < 1.29 is 0 Å². The van der Waals surface area contributed by atoms with Gasteiger partial charge in [-0.2, -0.15) is 0 Å². The van der Waals surface area contributed by atoms with Crippen molar-refractivity contribution in [2.45, 2.75) is 12.8 Å². The first kappa shape index (κ1) is 10.8. The Morgan fingerprint density at radius 2 is 2.24 bits per heavy atom. The Morgan fingerprint density at radius 3 is 3.00 bits per heavy atom. The molecule has 3 rings (SSSR count). The molecule has 0 bridgehead atoms. The molecule has 1 aromatic carbocycles. The molecule has 1 aliphatic rings. The number of aryl methyl sites for hydroxylation is 2. The van der Waals surface area contributed by atoms with Crippen LogP contribution in [0.3, 0.4) is 0 Å². The fraction of sp³-hybridized carbons (Fsp3) is 0.214. The molecule has 86 valence electrons. The average molecular weight is 289 g/mol. The fourth-order valence-electron chi connectivity index (χ4n) is 2.31. The molecule has 1 heterocycles. The van der Waals surface area contributed by atoms with Crippen molar-refractivity contribution in [3.05, 3.63) is 52.0 Å². The second-order valence-corrected chi connectivity index (χ2v) is 5.35. The van der Waals surface area contributed by atoms with Crippen LogP contribution in [0, 0.1) is 0 Å². The van der Waals surface area contributed by atoms with Gasteiger partial charge >= 0.3 is 0 Å². The minimum absolute atomic E-state index is 1.04. The molecule has 0 N–H and O–H groups in total. The molecule has 0 atom stereocenters. The summed E-state index contributed by atoms with van der Waals surface area (Å²) < 4.78 is 3.12. The van der Waals surface area contributed by atoms with Crippen molar-refractivity contribution in [1.82, 2.24) is 9.55 Å². The maximum absolute atomic E-state index is 4.35. The van der Waals surface area contributed by atoms with Crippen molar-refractivity contribution >= 4 is 27.6 Å². The quantitative estimate of drug-likeness (QED) is 0.783. The van der Waals surface area contributed by atoms with E-state index in [-0.39, 0.29) is 0 Å². The van der Waals surface area contributed by atoms with Gasteiger partial charge in [0.05, 0.1) is 12.0 Å². The molecule has 0 fully saturated rings. The highest BCUT2D eigenvalue weighted by atomic mass is 79.9. The molecule has 2 nitrogen and oxygen atoms in total. The van der Waals surface area contributed by atoms with Crippen LogP contribution in [0.1, 0.15) is 23.2 Å². The first-order valence-electron chi connectivity index (χ1n) is 5.70. The zero-order valence-electron chi connectivity index (χ0n) is 9.65. The first-order chi connectivity index (χ1) is 8.22. The third-order valence-electron chi connectivity index (χ3n) is 3.13. The van der Waals surface area contributed by atoms with E-state index in [1.807, 2.05) is 24.1 Å². The molecule has 3 heteroatoms. The van der Waals surface area contributed by atoms with Crippen molar-refractivity contribution in [3.63, 3.8) is 0 Å². The SMILES string of the molecule is Cn1cnc(/C=C2\CCc3ccc(Br)cc32)c1. The Bertz CT molecular complexity index is 596. The topological polar surface area (TPSA) is 17.8 Å². The first-order valence-corrected chi connectivity index (χ1v) is 6.49. The van der Waals surface area contributed by atoms with E-state index in [2.05, 4.69) is 45.2 Å². The van der Waals surface area contributed by atoms with Gasteiger partial charge in [0.15, 0.2) is 0 Å². The highest BCUT2D eigenvalue weighted by Crippen LogP contribution is 2.35. The van der Waals surface area contributed by atoms with Crippen molar-refractivity contribution in [2.24, 2.45) is 7.05 Å². The van der Waals surface area contributed by atoms with Crippen LogP contribution in [0.4, 0.5) is 0 Å². The van der Waals surface area contributed by atoms with E-state index in [1.54, 1.807) is 0 Å². The number of benzene rings is 1. The van der Waals surface area contributed by atoms with Gasteiger partial charge in [0, 0.05) is 17.7 Å². The zero-order chi connectivity index (χ0) is 11.8. The van der Waals surface area contributed by atoms with Crippen LogP contribution in [0.2, 0.25) is 0 Å². The Morgan fingerprint density at radius 1 is 1.35 bits per heavy atom. The lowest BCUT2D eigenvalue weighted by molar-refractivity contribution is 0.913. The molecule has 0 amide bonds. The summed E-state index contributed by atoms with van der Waals surface area (Å²) in [6.45, 7) is 0. The summed E-state index contributed by atoms with van der Waals surface area (Å²) >= 11 is 3.53. The molecule has 0 aliphatic heterocycles. The number of hydrogen-bond donors (Lipinski definition) is 0. The van der Waals surface area contributed by atoms with E-state index in [9.17, 15) is 0 Å². The van der Waals surface area contributed by atoms with Gasteiger partial charge in [-0.25, -0.2) is 4.98 Å². The van der Waals surface area contributed by atoms with E-state index in [1.165, 1.54) is 16.7 Å². The van der Waals surface area contributed by atoms with E-state index < -0.39 is 0 Å². The van der Waals surface area contributed by atoms with E-state index in [4.69, 9.17) is 0 Å². The molecule has 2 aromatic rings. The average Bonchev–Trinajstić information content (AvgIpc) is 2.87. The lowest BCUT2D eigenvalue weighted by Gasteiger charge is -2.01. The molecule has 0 radical (unpaired) electrons.